The molecule has 2 N–H and O–H groups in total. The molecule has 0 aromatic carbocycles. The lowest BCUT2D eigenvalue weighted by Gasteiger charge is -2.38. The van der Waals surface area contributed by atoms with Gasteiger partial charge in [-0.1, -0.05) is 26.7 Å². The van der Waals surface area contributed by atoms with Gasteiger partial charge in [-0.25, -0.2) is 0 Å². The second-order valence-corrected chi connectivity index (χ2v) is 7.10. The van der Waals surface area contributed by atoms with Gasteiger partial charge in [-0.05, 0) is 55.0 Å². The predicted molar refractivity (Wildman–Crippen MR) is 76.3 cm³/mol. The van der Waals surface area contributed by atoms with Crippen molar-refractivity contribution < 1.29 is 0 Å². The van der Waals surface area contributed by atoms with E-state index in [1.165, 1.54) is 42.5 Å². The van der Waals surface area contributed by atoms with E-state index in [4.69, 9.17) is 5.73 Å². The molecule has 0 saturated heterocycles. The van der Waals surface area contributed by atoms with Crippen molar-refractivity contribution in [3.63, 3.8) is 0 Å². The van der Waals surface area contributed by atoms with Gasteiger partial charge >= 0.3 is 0 Å². The molecule has 2 unspecified atom stereocenters. The fraction of sp³-hybridized carbons (Fsp3) is 0.733. The first-order valence-corrected chi connectivity index (χ1v) is 7.72. The summed E-state index contributed by atoms with van der Waals surface area (Å²) in [6.45, 7) is 6.85. The third-order valence-electron chi connectivity index (χ3n) is 4.01. The van der Waals surface area contributed by atoms with Crippen molar-refractivity contribution in [1.29, 1.82) is 0 Å². The first-order chi connectivity index (χ1) is 8.01. The van der Waals surface area contributed by atoms with Crippen LogP contribution in [-0.2, 0) is 5.54 Å². The number of rotatable bonds is 3. The number of aryl methyl sites for hydroxylation is 1. The largest absolute Gasteiger partial charge is 0.321 e. The van der Waals surface area contributed by atoms with Gasteiger partial charge in [-0.2, -0.15) is 0 Å². The summed E-state index contributed by atoms with van der Waals surface area (Å²) in [5.41, 5.74) is 8.06. The first-order valence-electron chi connectivity index (χ1n) is 6.85. The topological polar surface area (TPSA) is 26.0 Å². The van der Waals surface area contributed by atoms with Crippen LogP contribution in [0, 0.1) is 18.8 Å². The smallest absolute Gasteiger partial charge is 0.0509 e. The molecule has 1 aromatic rings. The fourth-order valence-corrected chi connectivity index (χ4v) is 4.46. The minimum atomic E-state index is -0.0317. The molecule has 1 aromatic heterocycles. The van der Waals surface area contributed by atoms with Gasteiger partial charge in [-0.3, -0.25) is 0 Å². The van der Waals surface area contributed by atoms with Crippen LogP contribution >= 0.6 is 11.3 Å². The van der Waals surface area contributed by atoms with Crippen molar-refractivity contribution in [1.82, 2.24) is 0 Å². The Bertz CT molecular complexity index is 369. The highest BCUT2D eigenvalue weighted by molar-refractivity contribution is 7.10. The molecule has 17 heavy (non-hydrogen) atoms. The lowest BCUT2D eigenvalue weighted by molar-refractivity contribution is 0.205. The van der Waals surface area contributed by atoms with Crippen LogP contribution in [0.15, 0.2) is 11.4 Å². The van der Waals surface area contributed by atoms with Gasteiger partial charge in [0, 0.05) is 4.88 Å². The molecule has 2 rings (SSSR count). The zero-order chi connectivity index (χ0) is 12.5. The van der Waals surface area contributed by atoms with E-state index in [1.54, 1.807) is 0 Å². The quantitative estimate of drug-likeness (QED) is 0.844. The SMILES string of the molecule is Cc1ccsc1C1(N)CCCC(CC(C)C)C1. The van der Waals surface area contributed by atoms with Crippen LogP contribution in [0.1, 0.15) is 56.4 Å². The highest BCUT2D eigenvalue weighted by Crippen LogP contribution is 2.43. The van der Waals surface area contributed by atoms with Gasteiger partial charge in [0.05, 0.1) is 5.54 Å². The summed E-state index contributed by atoms with van der Waals surface area (Å²) in [7, 11) is 0. The van der Waals surface area contributed by atoms with E-state index in [-0.39, 0.29) is 5.54 Å². The van der Waals surface area contributed by atoms with Gasteiger partial charge in [0.2, 0.25) is 0 Å². The van der Waals surface area contributed by atoms with E-state index in [9.17, 15) is 0 Å². The molecule has 2 atom stereocenters. The van der Waals surface area contributed by atoms with Crippen molar-refractivity contribution >= 4 is 11.3 Å². The highest BCUT2D eigenvalue weighted by atomic mass is 32.1. The Hall–Kier alpha value is -0.340. The van der Waals surface area contributed by atoms with E-state index in [0.29, 0.717) is 0 Å². The molecule has 96 valence electrons. The van der Waals surface area contributed by atoms with E-state index in [2.05, 4.69) is 32.2 Å². The summed E-state index contributed by atoms with van der Waals surface area (Å²) in [5.74, 6) is 1.63. The van der Waals surface area contributed by atoms with Gasteiger partial charge in [0.15, 0.2) is 0 Å². The van der Waals surface area contributed by atoms with E-state index in [0.717, 1.165) is 11.8 Å². The molecule has 1 aliphatic rings. The molecule has 1 fully saturated rings. The molecule has 1 aliphatic carbocycles. The molecule has 1 saturated carbocycles. The molecule has 0 bridgehead atoms. The maximum absolute atomic E-state index is 6.70. The predicted octanol–water partition coefficient (Wildman–Crippen LogP) is 4.45. The third kappa shape index (κ3) is 2.92. The van der Waals surface area contributed by atoms with Crippen LogP contribution in [0.5, 0.6) is 0 Å². The number of nitrogens with two attached hydrogens (primary N) is 1. The second-order valence-electron chi connectivity index (χ2n) is 6.18. The lowest BCUT2D eigenvalue weighted by atomic mass is 9.72. The maximum atomic E-state index is 6.70. The van der Waals surface area contributed by atoms with Crippen LogP contribution < -0.4 is 5.73 Å². The Labute approximate surface area is 109 Å². The Kier molecular flexibility index (Phi) is 3.94. The molecular weight excluding hydrogens is 226 g/mol. The first kappa shape index (κ1) is 13.1. The highest BCUT2D eigenvalue weighted by Gasteiger charge is 2.36. The average Bonchev–Trinajstić information content (AvgIpc) is 2.64. The summed E-state index contributed by atoms with van der Waals surface area (Å²) in [6.07, 6.45) is 6.37. The van der Waals surface area contributed by atoms with Crippen LogP contribution in [0.2, 0.25) is 0 Å². The molecular formula is C15H25NS. The Morgan fingerprint density at radius 2 is 2.29 bits per heavy atom. The van der Waals surface area contributed by atoms with E-state index >= 15 is 0 Å². The summed E-state index contributed by atoms with van der Waals surface area (Å²) in [6, 6.07) is 2.21. The van der Waals surface area contributed by atoms with Crippen molar-refractivity contribution in [3.8, 4) is 0 Å². The number of thiophene rings is 1. The molecule has 0 amide bonds. The van der Waals surface area contributed by atoms with Gasteiger partial charge in [-0.15, -0.1) is 11.3 Å². The van der Waals surface area contributed by atoms with Crippen LogP contribution in [-0.4, -0.2) is 0 Å². The minimum absolute atomic E-state index is 0.0317. The standard InChI is InChI=1S/C15H25NS/c1-11(2)9-13-5-4-7-15(16,10-13)14-12(3)6-8-17-14/h6,8,11,13H,4-5,7,9-10,16H2,1-3H3. The van der Waals surface area contributed by atoms with Crippen LogP contribution in [0.3, 0.4) is 0 Å². The van der Waals surface area contributed by atoms with E-state index in [1.807, 2.05) is 11.3 Å². The van der Waals surface area contributed by atoms with Crippen molar-refractivity contribution in [2.45, 2.75) is 58.4 Å². The molecule has 0 spiro atoms. The summed E-state index contributed by atoms with van der Waals surface area (Å²) >= 11 is 1.85. The van der Waals surface area contributed by atoms with Gasteiger partial charge in [0.25, 0.3) is 0 Å². The Balaban J connectivity index is 2.12. The number of hydrogen-bond acceptors (Lipinski definition) is 2. The second kappa shape index (κ2) is 5.11. The summed E-state index contributed by atoms with van der Waals surface area (Å²) in [4.78, 5) is 1.44. The summed E-state index contributed by atoms with van der Waals surface area (Å²) < 4.78 is 0. The molecule has 1 heterocycles. The molecule has 1 nitrogen and oxygen atoms in total. The minimum Gasteiger partial charge on any atom is -0.321 e. The van der Waals surface area contributed by atoms with Crippen LogP contribution in [0.25, 0.3) is 0 Å². The third-order valence-corrected chi connectivity index (χ3v) is 5.24. The number of hydrogen-bond donors (Lipinski definition) is 1. The molecule has 0 aliphatic heterocycles. The maximum Gasteiger partial charge on any atom is 0.0509 e. The Morgan fingerprint density at radius 1 is 1.53 bits per heavy atom. The fourth-order valence-electron chi connectivity index (χ4n) is 3.38. The van der Waals surface area contributed by atoms with Crippen LogP contribution in [0.4, 0.5) is 0 Å². The van der Waals surface area contributed by atoms with Crippen molar-refractivity contribution in [2.24, 2.45) is 17.6 Å². The monoisotopic (exact) mass is 251 g/mol. The zero-order valence-corrected chi connectivity index (χ0v) is 12.1. The lowest BCUT2D eigenvalue weighted by Crippen LogP contribution is -2.41. The van der Waals surface area contributed by atoms with E-state index < -0.39 is 0 Å². The zero-order valence-electron chi connectivity index (χ0n) is 11.3. The molecule has 2 heteroatoms. The van der Waals surface area contributed by atoms with Crippen molar-refractivity contribution in [2.75, 3.05) is 0 Å². The molecule has 0 radical (unpaired) electrons. The van der Waals surface area contributed by atoms with Gasteiger partial charge in [0.1, 0.15) is 0 Å². The summed E-state index contributed by atoms with van der Waals surface area (Å²) in [5, 5.41) is 2.19. The Morgan fingerprint density at radius 3 is 2.88 bits per heavy atom. The van der Waals surface area contributed by atoms with Crippen molar-refractivity contribution in [3.05, 3.63) is 21.9 Å². The normalized spacial score (nSPS) is 29.8. The average molecular weight is 251 g/mol. The van der Waals surface area contributed by atoms with Gasteiger partial charge < -0.3 is 5.73 Å².